The minimum Gasteiger partial charge on any atom is -0.413 e. The van der Waals surface area contributed by atoms with Crippen LogP contribution >= 0.6 is 0 Å². The average Bonchev–Trinajstić information content (AvgIpc) is 2.15. The Morgan fingerprint density at radius 3 is 3.62 bits per heavy atom. The fraction of sp³-hybridized carbons (Fsp3) is 0.200. The van der Waals surface area contributed by atoms with E-state index < -0.39 is 0 Å². The second kappa shape index (κ2) is 1.39. The summed E-state index contributed by atoms with van der Waals surface area (Å²) < 4.78 is 6.97. The van der Waals surface area contributed by atoms with Crippen molar-refractivity contribution in [3.8, 4) is 0 Å². The lowest BCUT2D eigenvalue weighted by Crippen LogP contribution is -1.97. The first-order valence-electron chi connectivity index (χ1n) is 2.57. The number of nitrogens with zero attached hydrogens (tertiary/aromatic N) is 1. The molecule has 2 nitrogen and oxygen atoms in total. The summed E-state index contributed by atoms with van der Waals surface area (Å²) in [4.78, 5) is 0. The van der Waals surface area contributed by atoms with Crippen LogP contribution in [0.25, 0.3) is 0 Å². The van der Waals surface area contributed by atoms with Gasteiger partial charge >= 0.3 is 7.62 Å². The van der Waals surface area contributed by atoms with E-state index in [2.05, 4.69) is 0 Å². The van der Waals surface area contributed by atoms with E-state index in [0.29, 0.717) is 0 Å². The van der Waals surface area contributed by atoms with Crippen molar-refractivity contribution in [1.82, 2.24) is 4.48 Å². The molecule has 0 fully saturated rings. The van der Waals surface area contributed by atoms with E-state index >= 15 is 0 Å². The third-order valence-electron chi connectivity index (χ3n) is 1.29. The van der Waals surface area contributed by atoms with Gasteiger partial charge in [0.05, 0.1) is 6.61 Å². The van der Waals surface area contributed by atoms with Gasteiger partial charge in [-0.15, -0.1) is 0 Å². The van der Waals surface area contributed by atoms with Crippen LogP contribution in [0.1, 0.15) is 5.69 Å². The summed E-state index contributed by atoms with van der Waals surface area (Å²) in [6, 6.07) is 4.05. The summed E-state index contributed by atoms with van der Waals surface area (Å²) in [7, 11) is 1.72. The third kappa shape index (κ3) is 0.420. The molecule has 0 spiro atoms. The van der Waals surface area contributed by atoms with Crippen LogP contribution in [0.2, 0.25) is 0 Å². The second-order valence-electron chi connectivity index (χ2n) is 1.82. The van der Waals surface area contributed by atoms with Gasteiger partial charge in [0.15, 0.2) is 0 Å². The van der Waals surface area contributed by atoms with Crippen LogP contribution in [0.5, 0.6) is 0 Å². The summed E-state index contributed by atoms with van der Waals surface area (Å²) in [5, 5.41) is 0. The van der Waals surface area contributed by atoms with Crippen molar-refractivity contribution in [1.29, 1.82) is 0 Å². The van der Waals surface area contributed by atoms with Crippen LogP contribution in [-0.4, -0.2) is 12.1 Å². The highest BCUT2D eigenvalue weighted by Gasteiger charge is 2.09. The highest BCUT2D eigenvalue weighted by Crippen LogP contribution is 2.07. The Morgan fingerprint density at radius 1 is 1.75 bits per heavy atom. The normalized spacial score (nSPS) is 15.5. The molecule has 2 rings (SSSR count). The van der Waals surface area contributed by atoms with E-state index in [9.17, 15) is 0 Å². The Kier molecular flexibility index (Phi) is 0.731. The molecular weight excluding hydrogens is 101 g/mol. The summed E-state index contributed by atoms with van der Waals surface area (Å²) in [6.45, 7) is 0.729. The molecule has 1 aromatic rings. The molecule has 0 bridgehead atoms. The van der Waals surface area contributed by atoms with E-state index in [4.69, 9.17) is 4.65 Å². The Hall–Kier alpha value is -0.695. The Balaban J connectivity index is 2.54. The van der Waals surface area contributed by atoms with Crippen LogP contribution in [0.4, 0.5) is 0 Å². The fourth-order valence-electron chi connectivity index (χ4n) is 0.857. The zero-order valence-corrected chi connectivity index (χ0v) is 4.37. The van der Waals surface area contributed by atoms with E-state index in [-0.39, 0.29) is 0 Å². The van der Waals surface area contributed by atoms with Gasteiger partial charge in [0.1, 0.15) is 0 Å². The number of fused-ring (bicyclic) bond motifs is 1. The average molecular weight is 106 g/mol. The maximum absolute atomic E-state index is 4.99. The molecule has 1 aromatic heterocycles. The molecule has 1 aliphatic rings. The van der Waals surface area contributed by atoms with Crippen molar-refractivity contribution < 1.29 is 4.65 Å². The van der Waals surface area contributed by atoms with Gasteiger partial charge in [-0.05, 0) is 18.3 Å². The second-order valence-corrected chi connectivity index (χ2v) is 1.82. The molecule has 1 aliphatic heterocycles. The van der Waals surface area contributed by atoms with Gasteiger partial charge < -0.3 is 9.13 Å². The maximum Gasteiger partial charge on any atom is 0.443 e. The quantitative estimate of drug-likeness (QED) is 0.436. The SMILES string of the molecule is [B]1OCc2cccn21. The highest BCUT2D eigenvalue weighted by atomic mass is 16.4. The first-order valence-corrected chi connectivity index (χ1v) is 2.57. The zero-order valence-electron chi connectivity index (χ0n) is 4.37. The topological polar surface area (TPSA) is 14.2 Å². The summed E-state index contributed by atoms with van der Waals surface area (Å²) in [6.07, 6.45) is 1.97. The Bertz CT molecular complexity index is 178. The Labute approximate surface area is 48.4 Å². The van der Waals surface area contributed by atoms with E-state index in [1.165, 1.54) is 5.69 Å². The van der Waals surface area contributed by atoms with Gasteiger partial charge in [-0.3, -0.25) is 0 Å². The molecule has 2 heterocycles. The van der Waals surface area contributed by atoms with Crippen molar-refractivity contribution in [2.75, 3.05) is 0 Å². The molecule has 0 aliphatic carbocycles. The minimum atomic E-state index is 0.729. The zero-order chi connectivity index (χ0) is 5.40. The van der Waals surface area contributed by atoms with E-state index in [0.717, 1.165) is 6.61 Å². The molecular formula is C5H5BNO. The van der Waals surface area contributed by atoms with Crippen LogP contribution in [0.3, 0.4) is 0 Å². The van der Waals surface area contributed by atoms with Crippen molar-refractivity contribution >= 4 is 7.62 Å². The van der Waals surface area contributed by atoms with Gasteiger partial charge in [-0.1, -0.05) is 0 Å². The summed E-state index contributed by atoms with van der Waals surface area (Å²) in [5.41, 5.74) is 1.23. The molecule has 0 atom stereocenters. The molecule has 1 radical (unpaired) electrons. The Morgan fingerprint density at radius 2 is 2.75 bits per heavy atom. The summed E-state index contributed by atoms with van der Waals surface area (Å²) in [5.74, 6) is 0. The van der Waals surface area contributed by atoms with Gasteiger partial charge in [0, 0.05) is 5.69 Å². The van der Waals surface area contributed by atoms with Gasteiger partial charge in [-0.2, -0.15) is 0 Å². The predicted molar refractivity (Wildman–Crippen MR) is 30.4 cm³/mol. The van der Waals surface area contributed by atoms with Crippen molar-refractivity contribution in [2.24, 2.45) is 0 Å². The first kappa shape index (κ1) is 4.21. The van der Waals surface area contributed by atoms with E-state index in [1.54, 1.807) is 7.62 Å². The van der Waals surface area contributed by atoms with Crippen LogP contribution in [0, 0.1) is 0 Å². The van der Waals surface area contributed by atoms with Crippen LogP contribution < -0.4 is 0 Å². The van der Waals surface area contributed by atoms with Crippen molar-refractivity contribution in [3.63, 3.8) is 0 Å². The standard InChI is InChI=1S/C5H5BNO/c1-2-5-4-8-6-7(5)3-1/h1-3H,4H2. The fourth-order valence-corrected chi connectivity index (χ4v) is 0.857. The number of hydrogen-bond donors (Lipinski definition) is 0. The molecule has 0 N–H and O–H groups in total. The maximum atomic E-state index is 4.99. The third-order valence-corrected chi connectivity index (χ3v) is 1.29. The largest absolute Gasteiger partial charge is 0.443 e. The minimum absolute atomic E-state index is 0.729. The molecule has 0 aromatic carbocycles. The smallest absolute Gasteiger partial charge is 0.413 e. The van der Waals surface area contributed by atoms with Crippen LogP contribution in [-0.2, 0) is 11.3 Å². The molecule has 0 unspecified atom stereocenters. The molecule has 3 heteroatoms. The van der Waals surface area contributed by atoms with Gasteiger partial charge in [0.25, 0.3) is 0 Å². The molecule has 39 valence electrons. The lowest BCUT2D eigenvalue weighted by atomic mass is 10.3. The monoisotopic (exact) mass is 106 g/mol. The molecule has 0 saturated carbocycles. The highest BCUT2D eigenvalue weighted by molar-refractivity contribution is 6.26. The molecule has 0 saturated heterocycles. The van der Waals surface area contributed by atoms with Crippen molar-refractivity contribution in [2.45, 2.75) is 6.61 Å². The van der Waals surface area contributed by atoms with Crippen LogP contribution in [0.15, 0.2) is 18.3 Å². The molecule has 0 amide bonds. The summed E-state index contributed by atoms with van der Waals surface area (Å²) >= 11 is 0. The van der Waals surface area contributed by atoms with Crippen molar-refractivity contribution in [3.05, 3.63) is 24.0 Å². The number of rotatable bonds is 0. The van der Waals surface area contributed by atoms with Gasteiger partial charge in [-0.25, -0.2) is 0 Å². The predicted octanol–water partition coefficient (Wildman–Crippen LogP) is 0.401. The van der Waals surface area contributed by atoms with Gasteiger partial charge in [0.2, 0.25) is 0 Å². The van der Waals surface area contributed by atoms with E-state index in [1.807, 2.05) is 22.8 Å². The number of hydrogen-bond acceptors (Lipinski definition) is 1. The lowest BCUT2D eigenvalue weighted by Gasteiger charge is -1.85. The number of aromatic nitrogens is 1. The molecule has 8 heavy (non-hydrogen) atoms. The lowest BCUT2D eigenvalue weighted by molar-refractivity contribution is 0.345. The first-order chi connectivity index (χ1) is 3.97.